The summed E-state index contributed by atoms with van der Waals surface area (Å²) in [6.45, 7) is 3.51. The van der Waals surface area contributed by atoms with Crippen LogP contribution >= 0.6 is 0 Å². The summed E-state index contributed by atoms with van der Waals surface area (Å²) in [7, 11) is 0. The van der Waals surface area contributed by atoms with Gasteiger partial charge in [0.15, 0.2) is 5.82 Å². The van der Waals surface area contributed by atoms with Crippen molar-refractivity contribution in [1.29, 1.82) is 5.26 Å². The molecule has 3 aromatic heterocycles. The summed E-state index contributed by atoms with van der Waals surface area (Å²) < 4.78 is 1.81. The molecule has 148 valence electrons. The van der Waals surface area contributed by atoms with Crippen molar-refractivity contribution in [3.8, 4) is 17.6 Å². The number of nitrogens with two attached hydrogens (primary N) is 1. The Balaban J connectivity index is 1.59. The number of likely N-dealkylation sites (tertiary alicyclic amines) is 1. The number of nitrogens with one attached hydrogen (secondary N) is 1. The van der Waals surface area contributed by atoms with Gasteiger partial charge >= 0.3 is 0 Å². The minimum Gasteiger partial charge on any atom is -0.365 e. The minimum atomic E-state index is -0.0360. The molecule has 1 saturated heterocycles. The molecule has 29 heavy (non-hydrogen) atoms. The topological polar surface area (TPSA) is 125 Å². The van der Waals surface area contributed by atoms with E-state index >= 15 is 0 Å². The monoisotopic (exact) mass is 390 g/mol. The van der Waals surface area contributed by atoms with E-state index in [1.807, 2.05) is 10.5 Å². The maximum atomic E-state index is 12.0. The Morgan fingerprint density at radius 2 is 2.24 bits per heavy atom. The molecule has 0 bridgehead atoms. The molecular weight excluding hydrogens is 368 g/mol. The van der Waals surface area contributed by atoms with Crippen molar-refractivity contribution in [2.45, 2.75) is 19.4 Å². The van der Waals surface area contributed by atoms with Gasteiger partial charge in [0.2, 0.25) is 5.91 Å². The number of hydrogen-bond donors (Lipinski definition) is 2. The lowest BCUT2D eigenvalue weighted by Gasteiger charge is -2.37. The molecule has 1 fully saturated rings. The summed E-state index contributed by atoms with van der Waals surface area (Å²) in [4.78, 5) is 27.2. The third kappa shape index (κ3) is 3.75. The normalized spacial score (nSPS) is 19.1. The van der Waals surface area contributed by atoms with E-state index < -0.39 is 0 Å². The Morgan fingerprint density at radius 3 is 3.03 bits per heavy atom. The fourth-order valence-electron chi connectivity index (χ4n) is 3.58. The molecule has 2 atom stereocenters. The molecule has 1 aliphatic heterocycles. The summed E-state index contributed by atoms with van der Waals surface area (Å²) in [5, 5.41) is 12.6. The smallest absolute Gasteiger partial charge is 0.236 e. The van der Waals surface area contributed by atoms with Crippen LogP contribution in [0.25, 0.3) is 17.2 Å². The fraction of sp³-hybridized carbons (Fsp3) is 0.350. The van der Waals surface area contributed by atoms with Crippen molar-refractivity contribution < 1.29 is 4.79 Å². The van der Waals surface area contributed by atoms with E-state index in [-0.39, 0.29) is 18.5 Å². The van der Waals surface area contributed by atoms with Crippen LogP contribution in [0.15, 0.2) is 36.8 Å². The van der Waals surface area contributed by atoms with Gasteiger partial charge in [0.25, 0.3) is 0 Å². The van der Waals surface area contributed by atoms with E-state index in [1.165, 1.54) is 0 Å². The molecule has 0 spiro atoms. The predicted molar refractivity (Wildman–Crippen MR) is 108 cm³/mol. The van der Waals surface area contributed by atoms with Crippen LogP contribution < -0.4 is 11.1 Å². The number of nitrogens with zero attached hydrogens (tertiary/aromatic N) is 6. The van der Waals surface area contributed by atoms with Gasteiger partial charge in [-0.1, -0.05) is 6.92 Å². The Bertz CT molecular complexity index is 1090. The number of carbonyl (C=O) groups is 1. The Hall–Kier alpha value is -3.51. The quantitative estimate of drug-likeness (QED) is 0.687. The molecule has 4 heterocycles. The third-order valence-corrected chi connectivity index (χ3v) is 5.34. The average Bonchev–Trinajstić information content (AvgIpc) is 3.18. The number of hydrogen-bond acceptors (Lipinski definition) is 7. The predicted octanol–water partition coefficient (Wildman–Crippen LogP) is 1.27. The summed E-state index contributed by atoms with van der Waals surface area (Å²) >= 11 is 0. The molecule has 9 heteroatoms. The number of imidazole rings is 1. The second-order valence-corrected chi connectivity index (χ2v) is 7.23. The van der Waals surface area contributed by atoms with Crippen molar-refractivity contribution in [1.82, 2.24) is 24.3 Å². The van der Waals surface area contributed by atoms with Crippen LogP contribution in [0.3, 0.4) is 0 Å². The van der Waals surface area contributed by atoms with Crippen molar-refractivity contribution in [2.24, 2.45) is 11.7 Å². The summed E-state index contributed by atoms with van der Waals surface area (Å²) in [6, 6.07) is 7.54. The standard InChI is InChI=1S/C20H22N8O/c1-13-5-7-27(19(29)9-22)12-15(13)25-17-4-6-23-20(26-17)16-10-24-18-3-2-14(8-21)11-28(16)18/h2-4,6,10-11,13,15H,5,7,9,12,22H2,1H3,(H,23,25,26)/t13-,15+/m1/s1. The molecule has 0 aromatic carbocycles. The van der Waals surface area contributed by atoms with E-state index in [1.54, 1.807) is 35.6 Å². The molecule has 0 radical (unpaired) electrons. The van der Waals surface area contributed by atoms with E-state index in [9.17, 15) is 4.79 Å². The van der Waals surface area contributed by atoms with Gasteiger partial charge in [0.1, 0.15) is 23.2 Å². The molecule has 0 unspecified atom stereocenters. The Labute approximate surface area is 168 Å². The lowest BCUT2D eigenvalue weighted by atomic mass is 9.93. The van der Waals surface area contributed by atoms with Gasteiger partial charge in [-0.25, -0.2) is 15.0 Å². The number of fused-ring (bicyclic) bond motifs is 1. The van der Waals surface area contributed by atoms with Crippen LogP contribution in [0.2, 0.25) is 0 Å². The Kier molecular flexibility index (Phi) is 5.10. The lowest BCUT2D eigenvalue weighted by Crippen LogP contribution is -2.50. The SMILES string of the molecule is C[C@@H]1CCN(C(=O)CN)C[C@@H]1Nc1ccnc(-c2cnc3ccc(C#N)cn23)n1. The van der Waals surface area contributed by atoms with E-state index in [0.717, 1.165) is 18.6 Å². The van der Waals surface area contributed by atoms with Crippen molar-refractivity contribution in [2.75, 3.05) is 25.0 Å². The molecule has 1 amide bonds. The van der Waals surface area contributed by atoms with Gasteiger partial charge in [-0.05, 0) is 30.5 Å². The zero-order chi connectivity index (χ0) is 20.4. The van der Waals surface area contributed by atoms with Crippen molar-refractivity contribution in [3.05, 3.63) is 42.4 Å². The van der Waals surface area contributed by atoms with Crippen molar-refractivity contribution >= 4 is 17.4 Å². The number of carbonyl (C=O) groups excluding carboxylic acids is 1. The van der Waals surface area contributed by atoms with E-state index in [2.05, 4.69) is 33.3 Å². The number of anilines is 1. The average molecular weight is 390 g/mol. The van der Waals surface area contributed by atoms with Gasteiger partial charge in [-0.2, -0.15) is 5.26 Å². The van der Waals surface area contributed by atoms with Crippen LogP contribution in [0, 0.1) is 17.2 Å². The van der Waals surface area contributed by atoms with Crippen LogP contribution in [0.5, 0.6) is 0 Å². The summed E-state index contributed by atoms with van der Waals surface area (Å²) in [5.74, 6) is 1.55. The highest BCUT2D eigenvalue weighted by Crippen LogP contribution is 2.23. The first kappa shape index (κ1) is 18.8. The van der Waals surface area contributed by atoms with Gasteiger partial charge in [0.05, 0.1) is 18.3 Å². The molecule has 4 rings (SSSR count). The maximum absolute atomic E-state index is 12.0. The number of aromatic nitrogens is 4. The highest BCUT2D eigenvalue weighted by Gasteiger charge is 2.28. The number of amides is 1. The van der Waals surface area contributed by atoms with Gasteiger partial charge in [-0.3, -0.25) is 9.20 Å². The van der Waals surface area contributed by atoms with E-state index in [0.29, 0.717) is 35.4 Å². The number of piperidine rings is 1. The molecule has 0 saturated carbocycles. The lowest BCUT2D eigenvalue weighted by molar-refractivity contribution is -0.131. The third-order valence-electron chi connectivity index (χ3n) is 5.34. The highest BCUT2D eigenvalue weighted by atomic mass is 16.2. The first-order chi connectivity index (χ1) is 14.1. The molecular formula is C20H22N8O. The highest BCUT2D eigenvalue weighted by molar-refractivity contribution is 5.78. The fourth-order valence-corrected chi connectivity index (χ4v) is 3.58. The molecule has 9 nitrogen and oxygen atoms in total. The van der Waals surface area contributed by atoms with Crippen LogP contribution in [-0.4, -0.2) is 55.8 Å². The second kappa shape index (κ2) is 7.85. The van der Waals surface area contributed by atoms with E-state index in [4.69, 9.17) is 11.0 Å². The van der Waals surface area contributed by atoms with Gasteiger partial charge in [-0.15, -0.1) is 0 Å². The number of nitriles is 1. The van der Waals surface area contributed by atoms with Crippen LogP contribution in [0.1, 0.15) is 18.9 Å². The zero-order valence-corrected chi connectivity index (χ0v) is 16.1. The molecule has 0 aliphatic carbocycles. The number of pyridine rings is 1. The summed E-state index contributed by atoms with van der Waals surface area (Å²) in [5.41, 5.74) is 7.48. The molecule has 3 aromatic rings. The van der Waals surface area contributed by atoms with Gasteiger partial charge in [0, 0.05) is 31.5 Å². The summed E-state index contributed by atoms with van der Waals surface area (Å²) in [6.07, 6.45) is 6.02. The first-order valence-electron chi connectivity index (χ1n) is 9.54. The van der Waals surface area contributed by atoms with Crippen LogP contribution in [0.4, 0.5) is 5.82 Å². The number of rotatable bonds is 4. The van der Waals surface area contributed by atoms with Crippen LogP contribution in [-0.2, 0) is 4.79 Å². The molecule has 1 aliphatic rings. The maximum Gasteiger partial charge on any atom is 0.236 e. The molecule has 3 N–H and O–H groups in total. The Morgan fingerprint density at radius 1 is 1.38 bits per heavy atom. The van der Waals surface area contributed by atoms with Gasteiger partial charge < -0.3 is 16.0 Å². The first-order valence-corrected chi connectivity index (χ1v) is 9.54. The largest absolute Gasteiger partial charge is 0.365 e. The van der Waals surface area contributed by atoms with Crippen molar-refractivity contribution in [3.63, 3.8) is 0 Å². The second-order valence-electron chi connectivity index (χ2n) is 7.23. The minimum absolute atomic E-state index is 0.0255. The zero-order valence-electron chi connectivity index (χ0n) is 16.1.